The number of rotatable bonds is 3. The first kappa shape index (κ1) is 14.2. The molecular formula is C15H15ClN2O2. The van der Waals surface area contributed by atoms with Crippen LogP contribution in [-0.2, 0) is 0 Å². The highest BCUT2D eigenvalue weighted by molar-refractivity contribution is 6.35. The number of hydrogen-bond acceptors (Lipinski definition) is 3. The quantitative estimate of drug-likeness (QED) is 0.851. The zero-order valence-electron chi connectivity index (χ0n) is 11.2. The van der Waals surface area contributed by atoms with Gasteiger partial charge in [-0.3, -0.25) is 4.79 Å². The van der Waals surface area contributed by atoms with Gasteiger partial charge in [-0.15, -0.1) is 0 Å². The van der Waals surface area contributed by atoms with Crippen molar-refractivity contribution in [3.63, 3.8) is 0 Å². The third-order valence-electron chi connectivity index (χ3n) is 2.92. The van der Waals surface area contributed by atoms with E-state index in [1.54, 1.807) is 30.3 Å². The molecule has 104 valence electrons. The molecule has 0 fully saturated rings. The zero-order valence-corrected chi connectivity index (χ0v) is 12.0. The molecule has 0 heterocycles. The Bertz CT molecular complexity index is 656. The van der Waals surface area contributed by atoms with Gasteiger partial charge in [0, 0.05) is 5.69 Å². The summed E-state index contributed by atoms with van der Waals surface area (Å²) in [6.07, 6.45) is 0. The normalized spacial score (nSPS) is 10.2. The van der Waals surface area contributed by atoms with Crippen molar-refractivity contribution in [1.82, 2.24) is 0 Å². The molecule has 5 heteroatoms. The van der Waals surface area contributed by atoms with Gasteiger partial charge in [0.1, 0.15) is 5.75 Å². The van der Waals surface area contributed by atoms with Gasteiger partial charge in [-0.05, 0) is 36.8 Å². The highest BCUT2D eigenvalue weighted by Crippen LogP contribution is 2.26. The average molecular weight is 291 g/mol. The second-order valence-corrected chi connectivity index (χ2v) is 4.73. The largest absolute Gasteiger partial charge is 0.495 e. The fraction of sp³-hybridized carbons (Fsp3) is 0.133. The molecule has 0 atom stereocenters. The Balaban J connectivity index is 2.24. The van der Waals surface area contributed by atoms with Crippen LogP contribution in [0.4, 0.5) is 11.4 Å². The molecule has 0 unspecified atom stereocenters. The molecule has 0 aromatic heterocycles. The molecule has 0 bridgehead atoms. The number of nitrogens with two attached hydrogens (primary N) is 1. The molecule has 2 aromatic carbocycles. The monoisotopic (exact) mass is 290 g/mol. The molecule has 0 aliphatic heterocycles. The lowest BCUT2D eigenvalue weighted by molar-refractivity contribution is 0.102. The molecule has 4 nitrogen and oxygen atoms in total. The Labute approximate surface area is 122 Å². The number of carbonyl (C=O) groups is 1. The second-order valence-electron chi connectivity index (χ2n) is 4.35. The number of benzene rings is 2. The van der Waals surface area contributed by atoms with E-state index < -0.39 is 0 Å². The van der Waals surface area contributed by atoms with Gasteiger partial charge in [0.2, 0.25) is 0 Å². The first-order valence-electron chi connectivity index (χ1n) is 6.03. The Morgan fingerprint density at radius 2 is 2.05 bits per heavy atom. The molecule has 0 saturated carbocycles. The number of aryl methyl sites for hydroxylation is 1. The van der Waals surface area contributed by atoms with Crippen LogP contribution in [0, 0.1) is 6.92 Å². The van der Waals surface area contributed by atoms with Crippen molar-refractivity contribution in [3.05, 3.63) is 52.5 Å². The molecule has 3 N–H and O–H groups in total. The highest BCUT2D eigenvalue weighted by Gasteiger charge is 2.12. The van der Waals surface area contributed by atoms with Crippen LogP contribution >= 0.6 is 11.6 Å². The van der Waals surface area contributed by atoms with E-state index in [4.69, 9.17) is 22.1 Å². The maximum Gasteiger partial charge on any atom is 0.257 e. The number of nitrogen functional groups attached to an aromatic ring is 1. The smallest absolute Gasteiger partial charge is 0.257 e. The first-order valence-corrected chi connectivity index (χ1v) is 6.40. The van der Waals surface area contributed by atoms with E-state index >= 15 is 0 Å². The molecule has 0 saturated heterocycles. The fourth-order valence-electron chi connectivity index (χ4n) is 1.83. The van der Waals surface area contributed by atoms with Gasteiger partial charge in [-0.2, -0.15) is 0 Å². The van der Waals surface area contributed by atoms with Crippen LogP contribution in [0.3, 0.4) is 0 Å². The van der Waals surface area contributed by atoms with Gasteiger partial charge in [0.15, 0.2) is 0 Å². The molecular weight excluding hydrogens is 276 g/mol. The standard InChI is InChI=1S/C15H15ClN2O2/c1-9-4-3-5-11(14(9)16)15(19)18-10-6-7-13(20-2)12(17)8-10/h3-8H,17H2,1-2H3,(H,18,19). The Morgan fingerprint density at radius 1 is 1.30 bits per heavy atom. The van der Waals surface area contributed by atoms with Crippen LogP contribution in [0.15, 0.2) is 36.4 Å². The summed E-state index contributed by atoms with van der Waals surface area (Å²) in [5.41, 5.74) is 8.13. The number of methoxy groups -OCH3 is 1. The van der Waals surface area contributed by atoms with Crippen LogP contribution in [-0.4, -0.2) is 13.0 Å². The number of ether oxygens (including phenoxy) is 1. The lowest BCUT2D eigenvalue weighted by Crippen LogP contribution is -2.13. The summed E-state index contributed by atoms with van der Waals surface area (Å²) >= 11 is 6.13. The van der Waals surface area contributed by atoms with E-state index in [9.17, 15) is 4.79 Å². The van der Waals surface area contributed by atoms with E-state index in [0.29, 0.717) is 27.7 Å². The third kappa shape index (κ3) is 2.86. The summed E-state index contributed by atoms with van der Waals surface area (Å²) in [5, 5.41) is 3.21. The number of carbonyl (C=O) groups excluding carboxylic acids is 1. The summed E-state index contributed by atoms with van der Waals surface area (Å²) in [4.78, 5) is 12.2. The van der Waals surface area contributed by atoms with Crippen molar-refractivity contribution in [2.24, 2.45) is 0 Å². The van der Waals surface area contributed by atoms with Crippen molar-refractivity contribution >= 4 is 28.9 Å². The maximum atomic E-state index is 12.2. The topological polar surface area (TPSA) is 64.3 Å². The minimum Gasteiger partial charge on any atom is -0.495 e. The lowest BCUT2D eigenvalue weighted by atomic mass is 10.1. The van der Waals surface area contributed by atoms with E-state index in [-0.39, 0.29) is 5.91 Å². The third-order valence-corrected chi connectivity index (χ3v) is 3.43. The second kappa shape index (κ2) is 5.84. The van der Waals surface area contributed by atoms with Crippen molar-refractivity contribution in [3.8, 4) is 5.75 Å². The molecule has 1 amide bonds. The van der Waals surface area contributed by atoms with Crippen LogP contribution in [0.25, 0.3) is 0 Å². The average Bonchev–Trinajstić information content (AvgIpc) is 2.42. The van der Waals surface area contributed by atoms with E-state index in [0.717, 1.165) is 5.56 Å². The number of amides is 1. The maximum absolute atomic E-state index is 12.2. The van der Waals surface area contributed by atoms with Gasteiger partial charge in [0.05, 0.1) is 23.4 Å². The minimum atomic E-state index is -0.275. The molecule has 0 aliphatic carbocycles. The first-order chi connectivity index (χ1) is 9.52. The summed E-state index contributed by atoms with van der Waals surface area (Å²) < 4.78 is 5.07. The number of anilines is 2. The highest BCUT2D eigenvalue weighted by atomic mass is 35.5. The van der Waals surface area contributed by atoms with E-state index in [2.05, 4.69) is 5.32 Å². The Morgan fingerprint density at radius 3 is 2.70 bits per heavy atom. The summed E-state index contributed by atoms with van der Waals surface area (Å²) in [6, 6.07) is 10.4. The Kier molecular flexibility index (Phi) is 4.15. The van der Waals surface area contributed by atoms with Crippen LogP contribution in [0.5, 0.6) is 5.75 Å². The Hall–Kier alpha value is -2.20. The molecule has 2 aromatic rings. The van der Waals surface area contributed by atoms with E-state index in [1.165, 1.54) is 7.11 Å². The van der Waals surface area contributed by atoms with Gasteiger partial charge in [-0.1, -0.05) is 23.7 Å². The van der Waals surface area contributed by atoms with Crippen LogP contribution in [0.2, 0.25) is 5.02 Å². The minimum absolute atomic E-state index is 0.275. The van der Waals surface area contributed by atoms with Gasteiger partial charge in [0.25, 0.3) is 5.91 Å². The molecule has 0 spiro atoms. The number of halogens is 1. The van der Waals surface area contributed by atoms with Crippen LogP contribution in [0.1, 0.15) is 15.9 Å². The van der Waals surface area contributed by atoms with Crippen molar-refractivity contribution in [2.75, 3.05) is 18.2 Å². The molecule has 0 aliphatic rings. The van der Waals surface area contributed by atoms with Gasteiger partial charge in [-0.25, -0.2) is 0 Å². The van der Waals surface area contributed by atoms with Crippen molar-refractivity contribution < 1.29 is 9.53 Å². The predicted molar refractivity (Wildman–Crippen MR) is 81.5 cm³/mol. The van der Waals surface area contributed by atoms with E-state index in [1.807, 2.05) is 13.0 Å². The van der Waals surface area contributed by atoms with Crippen molar-refractivity contribution in [2.45, 2.75) is 6.92 Å². The molecule has 2 rings (SSSR count). The summed E-state index contributed by atoms with van der Waals surface area (Å²) in [7, 11) is 1.54. The number of nitrogens with one attached hydrogen (secondary N) is 1. The molecule has 0 radical (unpaired) electrons. The summed E-state index contributed by atoms with van der Waals surface area (Å²) in [6.45, 7) is 1.85. The van der Waals surface area contributed by atoms with Crippen molar-refractivity contribution in [1.29, 1.82) is 0 Å². The van der Waals surface area contributed by atoms with Gasteiger partial charge >= 0.3 is 0 Å². The summed E-state index contributed by atoms with van der Waals surface area (Å²) in [5.74, 6) is 0.292. The number of hydrogen-bond donors (Lipinski definition) is 2. The van der Waals surface area contributed by atoms with Gasteiger partial charge < -0.3 is 15.8 Å². The molecule has 20 heavy (non-hydrogen) atoms. The zero-order chi connectivity index (χ0) is 14.7. The SMILES string of the molecule is COc1ccc(NC(=O)c2cccc(C)c2Cl)cc1N. The lowest BCUT2D eigenvalue weighted by Gasteiger charge is -2.10. The fourth-order valence-corrected chi connectivity index (χ4v) is 2.05. The van der Waals surface area contributed by atoms with Crippen LogP contribution < -0.4 is 15.8 Å². The predicted octanol–water partition coefficient (Wildman–Crippen LogP) is 3.49.